The number of fused-ring (bicyclic) bond motifs is 1. The van der Waals surface area contributed by atoms with Crippen LogP contribution in [0.15, 0.2) is 20.4 Å². The summed E-state index contributed by atoms with van der Waals surface area (Å²) in [5, 5.41) is 14.8. The van der Waals surface area contributed by atoms with Crippen molar-refractivity contribution >= 4 is 27.1 Å². The highest BCUT2D eigenvalue weighted by molar-refractivity contribution is 9.10. The van der Waals surface area contributed by atoms with Gasteiger partial charge in [0.15, 0.2) is 11.2 Å². The Morgan fingerprint density at radius 3 is 2.48 bits per heavy atom. The zero-order chi connectivity index (χ0) is 18.5. The maximum absolute atomic E-state index is 12.4. The van der Waals surface area contributed by atoms with Crippen LogP contribution in [0.2, 0.25) is 0 Å². The number of aliphatic hydroxyl groups is 1. The van der Waals surface area contributed by atoms with Crippen LogP contribution in [0.5, 0.6) is 0 Å². The number of nitrogens with zero attached hydrogens (tertiary/aromatic N) is 6. The van der Waals surface area contributed by atoms with Crippen LogP contribution in [0.3, 0.4) is 0 Å². The highest BCUT2D eigenvalue weighted by Gasteiger charge is 2.18. The molecule has 3 aromatic rings. The minimum Gasteiger partial charge on any atom is -0.389 e. The van der Waals surface area contributed by atoms with Crippen molar-refractivity contribution < 1.29 is 5.11 Å². The lowest BCUT2D eigenvalue weighted by atomic mass is 10.3. The van der Waals surface area contributed by atoms with Gasteiger partial charge in [0.05, 0.1) is 35.7 Å². The van der Waals surface area contributed by atoms with E-state index in [1.54, 1.807) is 16.3 Å². The fraction of sp³-hybridized carbons (Fsp3) is 0.467. The minimum atomic E-state index is -0.774. The number of aliphatic hydroxyl groups excluding tert-OH is 1. The molecule has 0 aliphatic rings. The summed E-state index contributed by atoms with van der Waals surface area (Å²) < 4.78 is 6.55. The second-order valence-corrected chi connectivity index (χ2v) is 6.89. The monoisotopic (exact) mass is 410 g/mol. The molecule has 0 saturated carbocycles. The van der Waals surface area contributed by atoms with Gasteiger partial charge in [-0.05, 0) is 29.8 Å². The molecule has 3 rings (SSSR count). The van der Waals surface area contributed by atoms with Crippen LogP contribution in [-0.2, 0) is 27.2 Å². The average Bonchev–Trinajstić information content (AvgIpc) is 3.08. The molecule has 0 aliphatic carbocycles. The summed E-state index contributed by atoms with van der Waals surface area (Å²) in [5.41, 5.74) is 1.49. The zero-order valence-corrected chi connectivity index (χ0v) is 16.0. The molecule has 0 unspecified atom stereocenters. The molecule has 0 amide bonds. The van der Waals surface area contributed by atoms with Crippen molar-refractivity contribution in [1.29, 1.82) is 0 Å². The van der Waals surface area contributed by atoms with Gasteiger partial charge in [0.25, 0.3) is 5.56 Å². The standard InChI is InChI=1S/C15H19BrN6O3/c1-8-11(16)9(2)22(18-8)6-10(23)5-21-7-17-13-12(21)14(24)20(4)15(25)19(13)3/h7,10,23H,5-6H2,1-4H3/t10-/m0/s1. The Kier molecular flexibility index (Phi) is 4.41. The normalized spacial score (nSPS) is 12.9. The van der Waals surface area contributed by atoms with Crippen LogP contribution >= 0.6 is 15.9 Å². The lowest BCUT2D eigenvalue weighted by Crippen LogP contribution is -2.38. The molecule has 10 heteroatoms. The zero-order valence-electron chi connectivity index (χ0n) is 14.4. The smallest absolute Gasteiger partial charge is 0.332 e. The quantitative estimate of drug-likeness (QED) is 0.655. The first-order valence-electron chi connectivity index (χ1n) is 7.70. The molecule has 0 aliphatic heterocycles. The van der Waals surface area contributed by atoms with Gasteiger partial charge in [-0.3, -0.25) is 18.6 Å². The summed E-state index contributed by atoms with van der Waals surface area (Å²) in [6, 6.07) is 0. The second-order valence-electron chi connectivity index (χ2n) is 6.10. The van der Waals surface area contributed by atoms with E-state index < -0.39 is 17.4 Å². The topological polar surface area (TPSA) is 99.9 Å². The van der Waals surface area contributed by atoms with Crippen molar-refractivity contribution in [2.75, 3.05) is 0 Å². The van der Waals surface area contributed by atoms with Gasteiger partial charge in [0.1, 0.15) is 0 Å². The Balaban J connectivity index is 1.94. The number of rotatable bonds is 4. The minimum absolute atomic E-state index is 0.167. The Morgan fingerprint density at radius 2 is 1.88 bits per heavy atom. The molecule has 0 radical (unpaired) electrons. The van der Waals surface area contributed by atoms with Crippen LogP contribution in [0.4, 0.5) is 0 Å². The number of hydrogen-bond donors (Lipinski definition) is 1. The molecular weight excluding hydrogens is 392 g/mol. The summed E-state index contributed by atoms with van der Waals surface area (Å²) in [6.45, 7) is 4.24. The van der Waals surface area contributed by atoms with Gasteiger partial charge in [-0.25, -0.2) is 9.78 Å². The van der Waals surface area contributed by atoms with Crippen molar-refractivity contribution in [1.82, 2.24) is 28.5 Å². The molecule has 134 valence electrons. The summed E-state index contributed by atoms with van der Waals surface area (Å²) in [6.07, 6.45) is 0.690. The van der Waals surface area contributed by atoms with Gasteiger partial charge in [-0.1, -0.05) is 0 Å². The average molecular weight is 411 g/mol. The van der Waals surface area contributed by atoms with Gasteiger partial charge in [0.2, 0.25) is 0 Å². The molecule has 0 saturated heterocycles. The molecule has 3 heterocycles. The van der Waals surface area contributed by atoms with Gasteiger partial charge < -0.3 is 9.67 Å². The molecule has 9 nitrogen and oxygen atoms in total. The number of imidazole rings is 1. The Hall–Kier alpha value is -2.20. The molecular formula is C15H19BrN6O3. The van der Waals surface area contributed by atoms with E-state index in [0.29, 0.717) is 5.65 Å². The Bertz CT molecular complexity index is 1070. The lowest BCUT2D eigenvalue weighted by Gasteiger charge is -2.13. The van der Waals surface area contributed by atoms with Crippen LogP contribution in [0.1, 0.15) is 11.4 Å². The first-order valence-corrected chi connectivity index (χ1v) is 8.50. The molecule has 1 atom stereocenters. The second kappa shape index (κ2) is 6.26. The molecule has 0 fully saturated rings. The van der Waals surface area contributed by atoms with Gasteiger partial charge in [-0.15, -0.1) is 0 Å². The van der Waals surface area contributed by atoms with Crippen molar-refractivity contribution in [3.63, 3.8) is 0 Å². The van der Waals surface area contributed by atoms with E-state index >= 15 is 0 Å². The molecule has 1 N–H and O–H groups in total. The Labute approximate surface area is 151 Å². The predicted molar refractivity (Wildman–Crippen MR) is 95.6 cm³/mol. The fourth-order valence-electron chi connectivity index (χ4n) is 2.87. The predicted octanol–water partition coefficient (Wildman–Crippen LogP) is 0.0706. The van der Waals surface area contributed by atoms with Crippen molar-refractivity contribution in [3.8, 4) is 0 Å². The summed E-state index contributed by atoms with van der Waals surface area (Å²) in [5.74, 6) is 0. The number of aryl methyl sites for hydroxylation is 2. The molecule has 3 aromatic heterocycles. The highest BCUT2D eigenvalue weighted by Crippen LogP contribution is 2.20. The molecule has 0 bridgehead atoms. The van der Waals surface area contributed by atoms with Crippen molar-refractivity contribution in [2.45, 2.75) is 33.0 Å². The lowest BCUT2D eigenvalue weighted by molar-refractivity contribution is 0.130. The van der Waals surface area contributed by atoms with E-state index in [0.717, 1.165) is 20.4 Å². The number of hydrogen-bond acceptors (Lipinski definition) is 5. The van der Waals surface area contributed by atoms with Crippen LogP contribution in [0, 0.1) is 13.8 Å². The van der Waals surface area contributed by atoms with Crippen molar-refractivity contribution in [3.05, 3.63) is 43.0 Å². The maximum Gasteiger partial charge on any atom is 0.332 e. The van der Waals surface area contributed by atoms with E-state index in [1.807, 2.05) is 13.8 Å². The van der Waals surface area contributed by atoms with E-state index in [2.05, 4.69) is 26.0 Å². The molecule has 25 heavy (non-hydrogen) atoms. The summed E-state index contributed by atoms with van der Waals surface area (Å²) in [7, 11) is 2.98. The van der Waals surface area contributed by atoms with E-state index in [9.17, 15) is 14.7 Å². The van der Waals surface area contributed by atoms with E-state index in [-0.39, 0.29) is 18.6 Å². The highest BCUT2D eigenvalue weighted by atomic mass is 79.9. The van der Waals surface area contributed by atoms with Crippen LogP contribution < -0.4 is 11.2 Å². The van der Waals surface area contributed by atoms with E-state index in [1.165, 1.54) is 17.9 Å². The van der Waals surface area contributed by atoms with Gasteiger partial charge in [-0.2, -0.15) is 5.10 Å². The number of aromatic nitrogens is 6. The maximum atomic E-state index is 12.4. The van der Waals surface area contributed by atoms with Gasteiger partial charge >= 0.3 is 5.69 Å². The molecule has 0 aromatic carbocycles. The third kappa shape index (κ3) is 2.85. The first-order chi connectivity index (χ1) is 11.7. The third-order valence-corrected chi connectivity index (χ3v) is 5.45. The van der Waals surface area contributed by atoms with Crippen LogP contribution in [0.25, 0.3) is 11.2 Å². The summed E-state index contributed by atoms with van der Waals surface area (Å²) >= 11 is 3.46. The van der Waals surface area contributed by atoms with E-state index in [4.69, 9.17) is 0 Å². The Morgan fingerprint density at radius 1 is 1.20 bits per heavy atom. The summed E-state index contributed by atoms with van der Waals surface area (Å²) in [4.78, 5) is 28.5. The van der Waals surface area contributed by atoms with Gasteiger partial charge in [0, 0.05) is 19.8 Å². The van der Waals surface area contributed by atoms with Crippen LogP contribution in [-0.4, -0.2) is 39.7 Å². The molecule has 0 spiro atoms. The fourth-order valence-corrected chi connectivity index (χ4v) is 3.16. The first kappa shape index (κ1) is 17.6. The third-order valence-electron chi connectivity index (χ3n) is 4.30. The van der Waals surface area contributed by atoms with Crippen molar-refractivity contribution in [2.24, 2.45) is 14.1 Å². The number of halogens is 1. The SMILES string of the molecule is Cc1nn(C[C@@H](O)Cn2cnc3c2c(=O)n(C)c(=O)n3C)c(C)c1Br. The largest absolute Gasteiger partial charge is 0.389 e.